The zero-order valence-corrected chi connectivity index (χ0v) is 55.5. The van der Waals surface area contributed by atoms with Crippen LogP contribution in [0.3, 0.4) is 0 Å². The molecule has 16 nitrogen and oxygen atoms in total. The van der Waals surface area contributed by atoms with Crippen molar-refractivity contribution in [3.63, 3.8) is 0 Å². The summed E-state index contributed by atoms with van der Waals surface area (Å²) in [5.41, 5.74) is 2.53. The molecule has 0 radical (unpaired) electrons. The van der Waals surface area contributed by atoms with Crippen molar-refractivity contribution < 1.29 is 69.6 Å². The molecule has 0 aromatic heterocycles. The third-order valence-corrected chi connectivity index (χ3v) is 28.4. The molecule has 20 heteroatoms. The van der Waals surface area contributed by atoms with Gasteiger partial charge in [0.05, 0.1) is 51.8 Å². The van der Waals surface area contributed by atoms with E-state index in [1.807, 2.05) is 91.2 Å². The smallest absolute Gasteiger partial charge is 0.335 e. The molecule has 2 amide bonds. The van der Waals surface area contributed by atoms with E-state index in [9.17, 15) is 0 Å². The van der Waals surface area contributed by atoms with Crippen molar-refractivity contribution in [3.05, 3.63) is 161 Å². The molecule has 0 aliphatic carbocycles. The molecule has 85 heavy (non-hydrogen) atoms. The fourth-order valence-corrected chi connectivity index (χ4v) is 25.1. The zero-order valence-electron chi connectivity index (χ0n) is 51.7. The molecule has 0 bridgehead atoms. The van der Waals surface area contributed by atoms with E-state index in [0.717, 1.165) is 11.1 Å². The summed E-state index contributed by atoms with van der Waals surface area (Å²) in [6.07, 6.45) is -6.71. The maximum Gasteiger partial charge on any atom is 0.335 e. The normalized spacial score (nSPS) is 26.3. The first-order valence-electron chi connectivity index (χ1n) is 29.7. The largest absolute Gasteiger partial charge is 0.497 e. The Labute approximate surface area is 510 Å². The maximum atomic E-state index is 15.1. The van der Waals surface area contributed by atoms with Crippen molar-refractivity contribution in [3.8, 4) is 17.2 Å². The van der Waals surface area contributed by atoms with Gasteiger partial charge in [-0.3, -0.25) is 14.5 Å². The minimum atomic E-state index is -3.25. The molecule has 11 atom stereocenters. The number of hydrogen-bond donors (Lipinski definition) is 0. The number of ether oxygens (including phenoxy) is 9. The fraction of sp³-hybridized carbons (Fsp3) is 0.508. The zero-order chi connectivity index (χ0) is 60.8. The fourth-order valence-electron chi connectivity index (χ4n) is 12.1. The van der Waals surface area contributed by atoms with E-state index < -0.39 is 104 Å². The second-order valence-electron chi connectivity index (χ2n) is 24.5. The third-order valence-electron chi connectivity index (χ3n) is 16.3. The van der Waals surface area contributed by atoms with Gasteiger partial charge in [0.2, 0.25) is 6.29 Å². The average molecular weight is 1240 g/mol. The number of methoxy groups -OCH3 is 2. The minimum absolute atomic E-state index is 0.0209. The first kappa shape index (κ1) is 64.7. The van der Waals surface area contributed by atoms with Crippen LogP contribution in [0.2, 0.25) is 41.8 Å². The van der Waals surface area contributed by atoms with Gasteiger partial charge in [-0.05, 0) is 108 Å². The average Bonchev–Trinajstić information content (AvgIpc) is 1.97. The molecular weight excluding hydrogens is 1150 g/mol. The molecule has 4 heterocycles. The van der Waals surface area contributed by atoms with E-state index in [-0.39, 0.29) is 59.7 Å². The summed E-state index contributed by atoms with van der Waals surface area (Å²) in [5, 5.41) is 0. The predicted octanol–water partition coefficient (Wildman–Crippen LogP) is 13.0. The number of hydrogen-bond acceptors (Lipinski definition) is 16. The van der Waals surface area contributed by atoms with Crippen LogP contribution in [-0.2, 0) is 59.0 Å². The van der Waals surface area contributed by atoms with Crippen molar-refractivity contribution in [2.24, 2.45) is 0 Å². The highest BCUT2D eigenvalue weighted by Crippen LogP contribution is 2.50. The highest BCUT2D eigenvalue weighted by molar-refractivity contribution is 7.99. The summed E-state index contributed by atoms with van der Waals surface area (Å²) in [5.74, 6) is 0.535. The Bertz CT molecular complexity index is 2900. The van der Waals surface area contributed by atoms with E-state index in [4.69, 9.17) is 60.0 Å². The lowest BCUT2D eigenvalue weighted by atomic mass is 9.94. The quantitative estimate of drug-likeness (QED) is 0.0326. The lowest BCUT2D eigenvalue weighted by Gasteiger charge is -2.56. The summed E-state index contributed by atoms with van der Waals surface area (Å²) in [6, 6.07) is 39.6. The molecule has 460 valence electrons. The van der Waals surface area contributed by atoms with E-state index in [0.29, 0.717) is 22.8 Å². The van der Waals surface area contributed by atoms with E-state index in [1.54, 1.807) is 62.8 Å². The van der Waals surface area contributed by atoms with Gasteiger partial charge in [-0.25, -0.2) is 0 Å². The Hall–Kier alpha value is -4.76. The summed E-state index contributed by atoms with van der Waals surface area (Å²) < 4.78 is 92.2. The second kappa shape index (κ2) is 28.2. The molecule has 0 spiro atoms. The molecule has 5 aromatic carbocycles. The van der Waals surface area contributed by atoms with Gasteiger partial charge in [0.1, 0.15) is 71.5 Å². The van der Waals surface area contributed by atoms with Crippen LogP contribution in [-0.4, -0.2) is 136 Å². The third kappa shape index (κ3) is 14.4. The van der Waals surface area contributed by atoms with Crippen LogP contribution in [0.5, 0.6) is 17.2 Å². The molecule has 9 rings (SSSR count). The van der Waals surface area contributed by atoms with Gasteiger partial charge in [0, 0.05) is 5.56 Å². The number of carbonyl (C=O) groups is 2. The molecule has 5 aromatic rings. The summed E-state index contributed by atoms with van der Waals surface area (Å²) in [6.45, 7) is 24.6. The highest BCUT2D eigenvalue weighted by Gasteiger charge is 2.63. The minimum Gasteiger partial charge on any atom is -0.497 e. The highest BCUT2D eigenvalue weighted by atomic mass is 32.2. The number of thioether (sulfide) groups is 1. The second-order valence-corrected chi connectivity index (χ2v) is 38.7. The molecule has 4 aliphatic rings. The lowest BCUT2D eigenvalue weighted by molar-refractivity contribution is -0.324. The Morgan fingerprint density at radius 2 is 1.13 bits per heavy atom. The van der Waals surface area contributed by atoms with Gasteiger partial charge in [-0.15, -0.1) is 11.8 Å². The van der Waals surface area contributed by atoms with Gasteiger partial charge in [-0.1, -0.05) is 140 Å². The van der Waals surface area contributed by atoms with Crippen molar-refractivity contribution >= 4 is 49.0 Å². The van der Waals surface area contributed by atoms with Gasteiger partial charge < -0.3 is 60.0 Å². The Kier molecular flexibility index (Phi) is 21.4. The topological polar surface area (TPSA) is 157 Å². The first-order chi connectivity index (χ1) is 40.7. The molecular formula is C65H87NO15SSi3. The number of rotatable bonds is 24. The number of benzene rings is 5. The Balaban J connectivity index is 1.20. The number of fused-ring (bicyclic) bond motifs is 2. The van der Waals surface area contributed by atoms with Crippen LogP contribution < -0.4 is 14.2 Å². The summed E-state index contributed by atoms with van der Waals surface area (Å²) in [7, 11) is -5.50. The van der Waals surface area contributed by atoms with Gasteiger partial charge in [0.15, 0.2) is 14.6 Å². The maximum absolute atomic E-state index is 15.1. The van der Waals surface area contributed by atoms with Crippen molar-refractivity contribution in [2.75, 3.05) is 33.7 Å². The van der Waals surface area contributed by atoms with Crippen molar-refractivity contribution in [1.82, 2.24) is 4.90 Å². The van der Waals surface area contributed by atoms with Gasteiger partial charge in [0.25, 0.3) is 11.8 Å². The van der Waals surface area contributed by atoms with Crippen LogP contribution in [0.4, 0.5) is 0 Å². The SMILES string of the molecule is COc1ccc(O[C@@H]2O[C@H](COCc3ccccc3)[C@@H](O[C@@H](O[C@H]3[C@@H](O[Si](C)(C)C)[C@@H]4O[Si](C(C)C)(C(C)C)O[Si](C(C)C)(C(C)C)OC[C@H]4O[C@@H]3SC)c3ccc(OC)cc3)[C@H](OCc3ccccc3)[C@H]2N2C(=O)c3ccccc3C2=O)cc1. The first-order valence-corrected chi connectivity index (χ1v) is 38.4. The van der Waals surface area contributed by atoms with E-state index >= 15 is 9.59 Å². The molecule has 4 aliphatic heterocycles. The van der Waals surface area contributed by atoms with Gasteiger partial charge in [-0.2, -0.15) is 0 Å². The van der Waals surface area contributed by atoms with Crippen LogP contribution in [0.25, 0.3) is 0 Å². The van der Waals surface area contributed by atoms with Crippen LogP contribution in [0.1, 0.15) is 99.1 Å². The number of nitrogens with zero attached hydrogens (tertiary/aromatic N) is 1. The summed E-state index contributed by atoms with van der Waals surface area (Å²) in [4.78, 5) is 31.4. The monoisotopic (exact) mass is 1240 g/mol. The van der Waals surface area contributed by atoms with E-state index in [2.05, 4.69) is 75.0 Å². The molecule has 0 unspecified atom stereocenters. The van der Waals surface area contributed by atoms with Crippen LogP contribution in [0, 0.1) is 0 Å². The molecule has 3 fully saturated rings. The predicted molar refractivity (Wildman–Crippen MR) is 334 cm³/mol. The van der Waals surface area contributed by atoms with Crippen LogP contribution >= 0.6 is 11.8 Å². The lowest BCUT2D eigenvalue weighted by Crippen LogP contribution is -2.71. The van der Waals surface area contributed by atoms with Gasteiger partial charge >= 0.3 is 17.1 Å². The standard InChI is InChI=1S/C65H87NO15SSi3/c1-41(2)84(42(3)4)73-40-54-57(80-85(81-84,43(5)6)44(7)8)59(79-83(12,13)14)60(65(76-54)82-11)78-63(47-29-31-48(69-9)32-30-47)77-56-53(39-71-37-45-23-17-15-18-24-45)75-64(74-50-35-33-49(70-10)34-36-50)55(58(56)72-38-46-25-19-16-20-26-46)66-61(67)51-27-21-22-28-52(51)62(66)68/h15-36,41-44,53-60,63-65H,37-40H2,1-14H3/t53-,54-,55-,56-,57-,58-,59+,60+,63+,64-,65-/m1/s1. The Morgan fingerprint density at radius 1 is 0.612 bits per heavy atom. The Morgan fingerprint density at radius 3 is 1.66 bits per heavy atom. The number of carbonyl (C=O) groups excluding carboxylic acids is 2. The van der Waals surface area contributed by atoms with Crippen molar-refractivity contribution in [2.45, 2.75) is 177 Å². The van der Waals surface area contributed by atoms with Crippen LogP contribution in [0.15, 0.2) is 133 Å². The molecule has 0 saturated carbocycles. The van der Waals surface area contributed by atoms with E-state index in [1.165, 1.54) is 16.7 Å². The summed E-state index contributed by atoms with van der Waals surface area (Å²) >= 11 is 1.51. The number of amides is 2. The molecule has 0 N–H and O–H groups in total. The molecule has 3 saturated heterocycles. The van der Waals surface area contributed by atoms with Crippen molar-refractivity contribution in [1.29, 1.82) is 0 Å². The number of imide groups is 1.